The Morgan fingerprint density at radius 3 is 2.42 bits per heavy atom. The average Bonchev–Trinajstić information content (AvgIpc) is 2.35. The molecule has 0 saturated heterocycles. The molecule has 0 aliphatic heterocycles. The van der Waals surface area contributed by atoms with Crippen LogP contribution in [0.2, 0.25) is 0 Å². The number of thioether (sulfide) groups is 1. The van der Waals surface area contributed by atoms with Crippen LogP contribution in [-0.4, -0.2) is 50.1 Å². The van der Waals surface area contributed by atoms with E-state index in [2.05, 4.69) is 5.32 Å². The van der Waals surface area contributed by atoms with E-state index in [0.717, 1.165) is 4.90 Å². The van der Waals surface area contributed by atoms with E-state index in [1.165, 1.54) is 4.90 Å². The molecule has 0 unspecified atom stereocenters. The number of alkyl halides is 3. The summed E-state index contributed by atoms with van der Waals surface area (Å²) in [6.07, 6.45) is -4.13. The van der Waals surface area contributed by atoms with E-state index in [0.29, 0.717) is 25.4 Å². The SMILES string of the molecule is CNCCN(CCSc1ccccc1)CC(F)(F)F. The number of likely N-dealkylation sites (N-methyl/N-ethyl adjacent to an activating group) is 1. The largest absolute Gasteiger partial charge is 0.401 e. The molecule has 0 heterocycles. The van der Waals surface area contributed by atoms with Crippen LogP contribution in [0.15, 0.2) is 35.2 Å². The summed E-state index contributed by atoms with van der Waals surface area (Å²) in [6, 6.07) is 9.71. The molecule has 108 valence electrons. The average molecular weight is 292 g/mol. The van der Waals surface area contributed by atoms with E-state index in [4.69, 9.17) is 0 Å². The smallest absolute Gasteiger partial charge is 0.318 e. The lowest BCUT2D eigenvalue weighted by atomic mass is 10.4. The van der Waals surface area contributed by atoms with Crippen molar-refractivity contribution in [3.63, 3.8) is 0 Å². The highest BCUT2D eigenvalue weighted by Crippen LogP contribution is 2.19. The van der Waals surface area contributed by atoms with Crippen molar-refractivity contribution in [2.45, 2.75) is 11.1 Å². The molecular formula is C13H19F3N2S. The molecule has 0 aliphatic carbocycles. The first-order chi connectivity index (χ1) is 9.01. The maximum absolute atomic E-state index is 12.4. The van der Waals surface area contributed by atoms with Gasteiger partial charge in [-0.25, -0.2) is 0 Å². The predicted octanol–water partition coefficient (Wildman–Crippen LogP) is 2.86. The molecule has 1 aromatic rings. The van der Waals surface area contributed by atoms with Crippen molar-refractivity contribution in [3.05, 3.63) is 30.3 Å². The summed E-state index contributed by atoms with van der Waals surface area (Å²) in [7, 11) is 1.74. The molecule has 19 heavy (non-hydrogen) atoms. The third kappa shape index (κ3) is 8.13. The fraction of sp³-hybridized carbons (Fsp3) is 0.538. The van der Waals surface area contributed by atoms with Crippen molar-refractivity contribution in [3.8, 4) is 0 Å². The van der Waals surface area contributed by atoms with Crippen LogP contribution in [0, 0.1) is 0 Å². The van der Waals surface area contributed by atoms with Gasteiger partial charge in [-0.15, -0.1) is 11.8 Å². The van der Waals surface area contributed by atoms with Crippen LogP contribution in [-0.2, 0) is 0 Å². The van der Waals surface area contributed by atoms with Gasteiger partial charge in [0.2, 0.25) is 0 Å². The molecule has 1 N–H and O–H groups in total. The molecule has 0 radical (unpaired) electrons. The Balaban J connectivity index is 2.35. The van der Waals surface area contributed by atoms with Gasteiger partial charge in [0.25, 0.3) is 0 Å². The molecule has 6 heteroatoms. The zero-order chi connectivity index (χ0) is 14.1. The van der Waals surface area contributed by atoms with E-state index >= 15 is 0 Å². The van der Waals surface area contributed by atoms with Gasteiger partial charge in [-0.3, -0.25) is 4.90 Å². The number of halogens is 3. The molecule has 1 rings (SSSR count). The molecule has 2 nitrogen and oxygen atoms in total. The van der Waals surface area contributed by atoms with Gasteiger partial charge in [0.05, 0.1) is 6.54 Å². The van der Waals surface area contributed by atoms with Gasteiger partial charge in [-0.05, 0) is 19.2 Å². The van der Waals surface area contributed by atoms with Crippen LogP contribution in [0.25, 0.3) is 0 Å². The molecule has 0 fully saturated rings. The Labute approximate surface area is 116 Å². The van der Waals surface area contributed by atoms with E-state index < -0.39 is 12.7 Å². The number of hydrogen-bond acceptors (Lipinski definition) is 3. The normalized spacial score (nSPS) is 12.1. The van der Waals surface area contributed by atoms with Crippen LogP contribution in [0.4, 0.5) is 13.2 Å². The molecule has 0 spiro atoms. The highest BCUT2D eigenvalue weighted by Gasteiger charge is 2.30. The lowest BCUT2D eigenvalue weighted by Crippen LogP contribution is -2.39. The van der Waals surface area contributed by atoms with E-state index in [1.807, 2.05) is 30.3 Å². The van der Waals surface area contributed by atoms with E-state index in [1.54, 1.807) is 18.8 Å². The Kier molecular flexibility index (Phi) is 7.27. The van der Waals surface area contributed by atoms with Gasteiger partial charge in [0.15, 0.2) is 0 Å². The molecule has 0 saturated carbocycles. The first kappa shape index (κ1) is 16.3. The molecule has 0 atom stereocenters. The van der Waals surface area contributed by atoms with Crippen molar-refractivity contribution >= 4 is 11.8 Å². The highest BCUT2D eigenvalue weighted by atomic mass is 32.2. The molecular weight excluding hydrogens is 273 g/mol. The van der Waals surface area contributed by atoms with E-state index in [-0.39, 0.29) is 0 Å². The first-order valence-electron chi connectivity index (χ1n) is 6.13. The minimum atomic E-state index is -4.13. The Morgan fingerprint density at radius 1 is 1.16 bits per heavy atom. The van der Waals surface area contributed by atoms with Crippen LogP contribution in [0.3, 0.4) is 0 Å². The maximum atomic E-state index is 12.4. The summed E-state index contributed by atoms with van der Waals surface area (Å²) < 4.78 is 37.2. The summed E-state index contributed by atoms with van der Waals surface area (Å²) in [6.45, 7) is 0.558. The predicted molar refractivity (Wildman–Crippen MR) is 73.6 cm³/mol. The summed E-state index contributed by atoms with van der Waals surface area (Å²) in [4.78, 5) is 2.52. The lowest BCUT2D eigenvalue weighted by molar-refractivity contribution is -0.145. The second-order valence-corrected chi connectivity index (χ2v) is 5.32. The van der Waals surface area contributed by atoms with Crippen LogP contribution in [0.1, 0.15) is 0 Å². The van der Waals surface area contributed by atoms with Crippen molar-refractivity contribution in [1.82, 2.24) is 10.2 Å². The van der Waals surface area contributed by atoms with Gasteiger partial charge >= 0.3 is 6.18 Å². The number of rotatable bonds is 8. The highest BCUT2D eigenvalue weighted by molar-refractivity contribution is 7.99. The van der Waals surface area contributed by atoms with Gasteiger partial charge in [0.1, 0.15) is 0 Å². The van der Waals surface area contributed by atoms with Crippen LogP contribution >= 0.6 is 11.8 Å². The third-order valence-electron chi connectivity index (χ3n) is 2.50. The number of nitrogens with zero attached hydrogens (tertiary/aromatic N) is 1. The van der Waals surface area contributed by atoms with Crippen LogP contribution < -0.4 is 5.32 Å². The third-order valence-corrected chi connectivity index (χ3v) is 3.49. The molecule has 0 amide bonds. The quantitative estimate of drug-likeness (QED) is 0.742. The number of hydrogen-bond donors (Lipinski definition) is 1. The van der Waals surface area contributed by atoms with Crippen molar-refractivity contribution < 1.29 is 13.2 Å². The Morgan fingerprint density at radius 2 is 1.84 bits per heavy atom. The first-order valence-corrected chi connectivity index (χ1v) is 7.11. The number of nitrogens with one attached hydrogen (secondary N) is 1. The van der Waals surface area contributed by atoms with Crippen molar-refractivity contribution in [1.29, 1.82) is 0 Å². The van der Waals surface area contributed by atoms with Gasteiger partial charge < -0.3 is 5.32 Å². The molecule has 1 aromatic carbocycles. The zero-order valence-corrected chi connectivity index (χ0v) is 11.7. The fourth-order valence-electron chi connectivity index (χ4n) is 1.60. The summed E-state index contributed by atoms with van der Waals surface area (Å²) in [5.74, 6) is 0.657. The van der Waals surface area contributed by atoms with Gasteiger partial charge in [0, 0.05) is 30.3 Å². The fourth-order valence-corrected chi connectivity index (χ4v) is 2.54. The monoisotopic (exact) mass is 292 g/mol. The Hall–Kier alpha value is -0.720. The Bertz CT molecular complexity index is 343. The van der Waals surface area contributed by atoms with Crippen molar-refractivity contribution in [2.75, 3.05) is 39.0 Å². The number of benzene rings is 1. The molecule has 0 bridgehead atoms. The maximum Gasteiger partial charge on any atom is 0.401 e. The van der Waals surface area contributed by atoms with Gasteiger partial charge in [-0.1, -0.05) is 18.2 Å². The second-order valence-electron chi connectivity index (χ2n) is 4.16. The molecule has 0 aliphatic rings. The summed E-state index contributed by atoms with van der Waals surface area (Å²) in [5, 5.41) is 2.88. The summed E-state index contributed by atoms with van der Waals surface area (Å²) in [5.41, 5.74) is 0. The topological polar surface area (TPSA) is 15.3 Å². The van der Waals surface area contributed by atoms with Crippen LogP contribution in [0.5, 0.6) is 0 Å². The minimum Gasteiger partial charge on any atom is -0.318 e. The minimum absolute atomic E-state index is 0.408. The standard InChI is InChI=1S/C13H19F3N2S/c1-17-7-8-18(11-13(14,15)16)9-10-19-12-5-3-2-4-6-12/h2-6,17H,7-11H2,1H3. The van der Waals surface area contributed by atoms with Gasteiger partial charge in [-0.2, -0.15) is 13.2 Å². The lowest BCUT2D eigenvalue weighted by Gasteiger charge is -2.23. The van der Waals surface area contributed by atoms with Crippen molar-refractivity contribution in [2.24, 2.45) is 0 Å². The second kappa shape index (κ2) is 8.45. The molecule has 0 aromatic heterocycles. The zero-order valence-electron chi connectivity index (χ0n) is 10.9. The van der Waals surface area contributed by atoms with E-state index in [9.17, 15) is 13.2 Å². The summed E-state index contributed by atoms with van der Waals surface area (Å²) >= 11 is 1.58.